The summed E-state index contributed by atoms with van der Waals surface area (Å²) in [5.41, 5.74) is 0.956. The largest absolute Gasteiger partial charge is 0.480 e. The van der Waals surface area contributed by atoms with Crippen LogP contribution in [0.2, 0.25) is 0 Å². The summed E-state index contributed by atoms with van der Waals surface area (Å²) in [6.45, 7) is 1.29. The summed E-state index contributed by atoms with van der Waals surface area (Å²) in [7, 11) is 0. The molecular weight excluding hydrogens is 286 g/mol. The van der Waals surface area contributed by atoms with Crippen molar-refractivity contribution in [2.24, 2.45) is 0 Å². The molecule has 1 amide bonds. The van der Waals surface area contributed by atoms with E-state index in [4.69, 9.17) is 5.11 Å². The second-order valence-electron chi connectivity index (χ2n) is 5.40. The van der Waals surface area contributed by atoms with Crippen molar-refractivity contribution >= 4 is 22.9 Å². The molecule has 0 aliphatic carbocycles. The highest BCUT2D eigenvalue weighted by Crippen LogP contribution is 2.14. The topological polar surface area (TPSA) is 111 Å². The van der Waals surface area contributed by atoms with E-state index in [0.29, 0.717) is 23.3 Å². The van der Waals surface area contributed by atoms with Gasteiger partial charge in [-0.3, -0.25) is 14.5 Å². The fraction of sp³-hybridized carbons (Fsp3) is 0.429. The molecule has 0 bridgehead atoms. The number of nitrogens with zero attached hydrogens (tertiary/aromatic N) is 3. The first-order valence-corrected chi connectivity index (χ1v) is 7.16. The van der Waals surface area contributed by atoms with E-state index >= 15 is 0 Å². The summed E-state index contributed by atoms with van der Waals surface area (Å²) in [4.78, 5) is 36.1. The maximum Gasteiger partial charge on any atom is 0.317 e. The molecule has 2 aromatic rings. The van der Waals surface area contributed by atoms with Gasteiger partial charge in [-0.2, -0.15) is 0 Å². The summed E-state index contributed by atoms with van der Waals surface area (Å²) in [5.74, 6) is -1.11. The molecule has 3 rings (SSSR count). The summed E-state index contributed by atoms with van der Waals surface area (Å²) in [6.07, 6.45) is 4.77. The van der Waals surface area contributed by atoms with Crippen LogP contribution in [0.25, 0.3) is 11.0 Å². The smallest absolute Gasteiger partial charge is 0.317 e. The van der Waals surface area contributed by atoms with Crippen LogP contribution in [0.5, 0.6) is 0 Å². The van der Waals surface area contributed by atoms with Gasteiger partial charge in [0.25, 0.3) is 5.91 Å². The summed E-state index contributed by atoms with van der Waals surface area (Å²) >= 11 is 0. The van der Waals surface area contributed by atoms with Gasteiger partial charge in [0.2, 0.25) is 0 Å². The van der Waals surface area contributed by atoms with Crippen molar-refractivity contribution in [3.05, 3.63) is 24.3 Å². The van der Waals surface area contributed by atoms with Crippen LogP contribution in [0.15, 0.2) is 18.6 Å². The monoisotopic (exact) mass is 303 g/mol. The number of carbonyl (C=O) groups excluding carboxylic acids is 1. The van der Waals surface area contributed by atoms with E-state index in [9.17, 15) is 9.59 Å². The third-order valence-corrected chi connectivity index (χ3v) is 3.77. The molecular formula is C14H17N5O3. The van der Waals surface area contributed by atoms with Crippen molar-refractivity contribution in [1.29, 1.82) is 0 Å². The summed E-state index contributed by atoms with van der Waals surface area (Å²) < 4.78 is 0. The van der Waals surface area contributed by atoms with E-state index in [2.05, 4.69) is 20.3 Å². The number of carboxylic acids is 1. The SMILES string of the molecule is O=C(O)CN1CCCC(NC(=O)c2ncnc3[nH]ccc23)C1. The molecule has 116 valence electrons. The zero-order chi connectivity index (χ0) is 15.5. The minimum Gasteiger partial charge on any atom is -0.480 e. The molecule has 1 saturated heterocycles. The number of aromatic amines is 1. The Labute approximate surface area is 126 Å². The maximum atomic E-state index is 12.4. The van der Waals surface area contributed by atoms with Gasteiger partial charge >= 0.3 is 5.97 Å². The summed E-state index contributed by atoms with van der Waals surface area (Å²) in [6, 6.07) is 1.70. The van der Waals surface area contributed by atoms with Gasteiger partial charge in [-0.1, -0.05) is 0 Å². The van der Waals surface area contributed by atoms with Crippen LogP contribution >= 0.6 is 0 Å². The van der Waals surface area contributed by atoms with Crippen molar-refractivity contribution in [2.45, 2.75) is 18.9 Å². The molecule has 1 aliphatic rings. The molecule has 1 fully saturated rings. The molecule has 0 saturated carbocycles. The van der Waals surface area contributed by atoms with Gasteiger partial charge in [0.1, 0.15) is 17.7 Å². The Kier molecular flexibility index (Phi) is 4.01. The third-order valence-electron chi connectivity index (χ3n) is 3.77. The number of rotatable bonds is 4. The van der Waals surface area contributed by atoms with Gasteiger partial charge in [0.15, 0.2) is 0 Å². The number of likely N-dealkylation sites (tertiary alicyclic amines) is 1. The van der Waals surface area contributed by atoms with Crippen LogP contribution in [0.4, 0.5) is 0 Å². The minimum absolute atomic E-state index is 0.00192. The predicted molar refractivity (Wildman–Crippen MR) is 78.5 cm³/mol. The van der Waals surface area contributed by atoms with Gasteiger partial charge < -0.3 is 15.4 Å². The number of aromatic nitrogens is 3. The molecule has 22 heavy (non-hydrogen) atoms. The Bertz CT molecular complexity index is 699. The second-order valence-corrected chi connectivity index (χ2v) is 5.40. The molecule has 2 aromatic heterocycles. The average molecular weight is 303 g/mol. The average Bonchev–Trinajstić information content (AvgIpc) is 2.95. The Balaban J connectivity index is 1.69. The Morgan fingerprint density at radius 2 is 2.32 bits per heavy atom. The molecule has 1 atom stereocenters. The fourth-order valence-corrected chi connectivity index (χ4v) is 2.82. The van der Waals surface area contributed by atoms with Crippen molar-refractivity contribution in [3.8, 4) is 0 Å². The number of carbonyl (C=O) groups is 2. The molecule has 1 aliphatic heterocycles. The number of hydrogen-bond acceptors (Lipinski definition) is 5. The highest BCUT2D eigenvalue weighted by molar-refractivity contribution is 6.03. The lowest BCUT2D eigenvalue weighted by atomic mass is 10.1. The Hall–Kier alpha value is -2.48. The fourth-order valence-electron chi connectivity index (χ4n) is 2.82. The number of fused-ring (bicyclic) bond motifs is 1. The van der Waals surface area contributed by atoms with Gasteiger partial charge in [-0.05, 0) is 25.5 Å². The lowest BCUT2D eigenvalue weighted by molar-refractivity contribution is -0.138. The predicted octanol–water partition coefficient (Wildman–Crippen LogP) is 0.237. The summed E-state index contributed by atoms with van der Waals surface area (Å²) in [5, 5.41) is 12.5. The molecule has 0 aromatic carbocycles. The first-order valence-electron chi connectivity index (χ1n) is 7.16. The quantitative estimate of drug-likeness (QED) is 0.746. The van der Waals surface area contributed by atoms with E-state index in [1.54, 1.807) is 12.3 Å². The van der Waals surface area contributed by atoms with Crippen molar-refractivity contribution in [1.82, 2.24) is 25.2 Å². The number of aliphatic carboxylic acids is 1. The van der Waals surface area contributed by atoms with E-state index in [-0.39, 0.29) is 18.5 Å². The van der Waals surface area contributed by atoms with E-state index in [1.807, 2.05) is 4.90 Å². The maximum absolute atomic E-state index is 12.4. The first kappa shape index (κ1) is 14.5. The lowest BCUT2D eigenvalue weighted by Crippen LogP contribution is -2.49. The molecule has 3 heterocycles. The standard InChI is InChI=1S/C14H17N5O3/c20-11(21)7-19-5-1-2-9(6-19)18-14(22)12-10-3-4-15-13(10)17-8-16-12/h3-4,8-9H,1-2,5-7H2,(H,18,22)(H,20,21)(H,15,16,17). The van der Waals surface area contributed by atoms with Crippen LogP contribution in [0.1, 0.15) is 23.3 Å². The van der Waals surface area contributed by atoms with Crippen LogP contribution in [0.3, 0.4) is 0 Å². The zero-order valence-electron chi connectivity index (χ0n) is 12.0. The molecule has 0 radical (unpaired) electrons. The van der Waals surface area contributed by atoms with Gasteiger partial charge in [-0.15, -0.1) is 0 Å². The lowest BCUT2D eigenvalue weighted by Gasteiger charge is -2.31. The van der Waals surface area contributed by atoms with Crippen molar-refractivity contribution < 1.29 is 14.7 Å². The van der Waals surface area contributed by atoms with E-state index < -0.39 is 5.97 Å². The zero-order valence-corrected chi connectivity index (χ0v) is 12.0. The Morgan fingerprint density at radius 3 is 3.14 bits per heavy atom. The van der Waals surface area contributed by atoms with Gasteiger partial charge in [0.05, 0.1) is 11.9 Å². The van der Waals surface area contributed by atoms with Gasteiger partial charge in [0, 0.05) is 18.8 Å². The highest BCUT2D eigenvalue weighted by atomic mass is 16.4. The van der Waals surface area contributed by atoms with Crippen LogP contribution in [0, 0.1) is 0 Å². The van der Waals surface area contributed by atoms with Crippen LogP contribution in [-0.2, 0) is 4.79 Å². The number of H-pyrrole nitrogens is 1. The van der Waals surface area contributed by atoms with Crippen LogP contribution in [-0.4, -0.2) is 62.5 Å². The van der Waals surface area contributed by atoms with Crippen molar-refractivity contribution in [2.75, 3.05) is 19.6 Å². The normalized spacial score (nSPS) is 19.2. The van der Waals surface area contributed by atoms with E-state index in [0.717, 1.165) is 19.4 Å². The minimum atomic E-state index is -0.850. The second kappa shape index (κ2) is 6.10. The number of piperidine rings is 1. The van der Waals surface area contributed by atoms with Gasteiger partial charge in [-0.25, -0.2) is 9.97 Å². The Morgan fingerprint density at radius 1 is 1.45 bits per heavy atom. The molecule has 8 nitrogen and oxygen atoms in total. The number of nitrogens with one attached hydrogen (secondary N) is 2. The number of hydrogen-bond donors (Lipinski definition) is 3. The number of carboxylic acid groups (broad SMARTS) is 1. The molecule has 3 N–H and O–H groups in total. The third kappa shape index (κ3) is 3.06. The van der Waals surface area contributed by atoms with Crippen molar-refractivity contribution in [3.63, 3.8) is 0 Å². The number of amides is 1. The molecule has 1 unspecified atom stereocenters. The molecule has 8 heteroatoms. The van der Waals surface area contributed by atoms with Crippen LogP contribution < -0.4 is 5.32 Å². The van der Waals surface area contributed by atoms with E-state index in [1.165, 1.54) is 6.33 Å². The first-order chi connectivity index (χ1) is 10.6. The highest BCUT2D eigenvalue weighted by Gasteiger charge is 2.24. The molecule has 0 spiro atoms.